The first-order chi connectivity index (χ1) is 10.6. The molecule has 1 unspecified atom stereocenters. The van der Waals surface area contributed by atoms with Gasteiger partial charge in [-0.3, -0.25) is 19.8 Å². The van der Waals surface area contributed by atoms with E-state index >= 15 is 0 Å². The van der Waals surface area contributed by atoms with E-state index < -0.39 is 4.92 Å². The lowest BCUT2D eigenvalue weighted by Crippen LogP contribution is -2.27. The highest BCUT2D eigenvalue weighted by Gasteiger charge is 2.34. The summed E-state index contributed by atoms with van der Waals surface area (Å²) in [6.45, 7) is 0. The number of benzene rings is 2. The molecule has 1 fully saturated rings. The zero-order valence-electron chi connectivity index (χ0n) is 11.3. The van der Waals surface area contributed by atoms with Crippen molar-refractivity contribution in [3.8, 4) is 0 Å². The van der Waals surface area contributed by atoms with Crippen LogP contribution >= 0.6 is 11.8 Å². The van der Waals surface area contributed by atoms with Crippen molar-refractivity contribution in [3.05, 3.63) is 70.0 Å². The molecule has 1 aliphatic heterocycles. The van der Waals surface area contributed by atoms with Gasteiger partial charge in [-0.1, -0.05) is 12.1 Å². The fourth-order valence-electron chi connectivity index (χ4n) is 2.34. The number of carbonyl (C=O) groups excluding carboxylic acids is 1. The second-order valence-electron chi connectivity index (χ2n) is 4.76. The van der Waals surface area contributed by atoms with Crippen molar-refractivity contribution in [2.75, 3.05) is 10.7 Å². The quantitative estimate of drug-likeness (QED) is 0.642. The van der Waals surface area contributed by atoms with Crippen molar-refractivity contribution in [1.29, 1.82) is 0 Å². The summed E-state index contributed by atoms with van der Waals surface area (Å²) in [6, 6.07) is 11.9. The molecule has 1 atom stereocenters. The highest BCUT2D eigenvalue weighted by atomic mass is 32.2. The lowest BCUT2D eigenvalue weighted by atomic mass is 10.1. The van der Waals surface area contributed by atoms with E-state index in [1.165, 1.54) is 48.2 Å². The molecule has 1 saturated heterocycles. The smallest absolute Gasteiger partial charge is 0.269 e. The third-order valence-electron chi connectivity index (χ3n) is 3.34. The summed E-state index contributed by atoms with van der Waals surface area (Å²) >= 11 is 1.39. The van der Waals surface area contributed by atoms with Gasteiger partial charge in [0.15, 0.2) is 0 Å². The van der Waals surface area contributed by atoms with Crippen LogP contribution in [0.25, 0.3) is 0 Å². The number of rotatable bonds is 3. The topological polar surface area (TPSA) is 63.4 Å². The molecule has 7 heteroatoms. The Kier molecular flexibility index (Phi) is 3.81. The van der Waals surface area contributed by atoms with Crippen LogP contribution in [0.3, 0.4) is 0 Å². The maximum absolute atomic E-state index is 13.0. The van der Waals surface area contributed by atoms with Gasteiger partial charge in [0.05, 0.1) is 10.7 Å². The van der Waals surface area contributed by atoms with E-state index in [9.17, 15) is 19.3 Å². The molecule has 0 aliphatic carbocycles. The van der Waals surface area contributed by atoms with Crippen molar-refractivity contribution in [1.82, 2.24) is 0 Å². The third-order valence-corrected chi connectivity index (χ3v) is 4.55. The number of hydrogen-bond acceptors (Lipinski definition) is 4. The Morgan fingerprint density at radius 2 is 1.95 bits per heavy atom. The molecular formula is C15H11FN2O3S. The molecule has 22 heavy (non-hydrogen) atoms. The van der Waals surface area contributed by atoms with Crippen LogP contribution in [0, 0.1) is 15.9 Å². The summed E-state index contributed by atoms with van der Waals surface area (Å²) in [5.74, 6) is -0.201. The van der Waals surface area contributed by atoms with E-state index in [2.05, 4.69) is 0 Å². The number of nitro groups is 1. The molecule has 0 radical (unpaired) electrons. The Morgan fingerprint density at radius 3 is 2.64 bits per heavy atom. The number of thioether (sulfide) groups is 1. The van der Waals surface area contributed by atoms with E-state index in [4.69, 9.17) is 0 Å². The van der Waals surface area contributed by atoms with Gasteiger partial charge in [0.2, 0.25) is 5.91 Å². The number of hydrogen-bond donors (Lipinski definition) is 0. The SMILES string of the molecule is O=C1CSC(c2cccc([N+](=O)[O-])c2)N1c1ccc(F)cc1. The van der Waals surface area contributed by atoms with Crippen LogP contribution in [-0.2, 0) is 4.79 Å². The van der Waals surface area contributed by atoms with Crippen LogP contribution < -0.4 is 4.90 Å². The third kappa shape index (κ3) is 2.67. The van der Waals surface area contributed by atoms with E-state index in [1.54, 1.807) is 17.0 Å². The second kappa shape index (κ2) is 5.76. The average molecular weight is 318 g/mol. The van der Waals surface area contributed by atoms with Crippen LogP contribution in [0.1, 0.15) is 10.9 Å². The lowest BCUT2D eigenvalue weighted by molar-refractivity contribution is -0.384. The number of nitrogens with zero attached hydrogens (tertiary/aromatic N) is 2. The summed E-state index contributed by atoms with van der Waals surface area (Å²) in [5.41, 5.74) is 1.23. The summed E-state index contributed by atoms with van der Waals surface area (Å²) < 4.78 is 13.0. The maximum Gasteiger partial charge on any atom is 0.269 e. The van der Waals surface area contributed by atoms with Crippen LogP contribution in [0.15, 0.2) is 48.5 Å². The highest BCUT2D eigenvalue weighted by molar-refractivity contribution is 8.00. The zero-order chi connectivity index (χ0) is 15.7. The van der Waals surface area contributed by atoms with E-state index in [1.807, 2.05) is 0 Å². The molecule has 1 amide bonds. The standard InChI is InChI=1S/C15H11FN2O3S/c16-11-4-6-12(7-5-11)17-14(19)9-22-15(17)10-2-1-3-13(8-10)18(20)21/h1-8,15H,9H2. The minimum Gasteiger partial charge on any atom is -0.295 e. The zero-order valence-corrected chi connectivity index (χ0v) is 12.1. The van der Waals surface area contributed by atoms with Gasteiger partial charge < -0.3 is 0 Å². The maximum atomic E-state index is 13.0. The van der Waals surface area contributed by atoms with E-state index in [0.29, 0.717) is 11.3 Å². The lowest BCUT2D eigenvalue weighted by Gasteiger charge is -2.24. The first kappa shape index (κ1) is 14.5. The van der Waals surface area contributed by atoms with Gasteiger partial charge in [0, 0.05) is 17.8 Å². The Bertz CT molecular complexity index is 736. The molecular weight excluding hydrogens is 307 g/mol. The predicted molar refractivity (Wildman–Crippen MR) is 82.2 cm³/mol. The number of halogens is 1. The van der Waals surface area contributed by atoms with E-state index in [-0.39, 0.29) is 28.5 Å². The van der Waals surface area contributed by atoms with Crippen molar-refractivity contribution in [3.63, 3.8) is 0 Å². The summed E-state index contributed by atoms with van der Waals surface area (Å²) in [5, 5.41) is 10.5. The Morgan fingerprint density at radius 1 is 1.23 bits per heavy atom. The monoisotopic (exact) mass is 318 g/mol. The molecule has 0 bridgehead atoms. The molecule has 2 aromatic carbocycles. The molecule has 2 aromatic rings. The van der Waals surface area contributed by atoms with Crippen LogP contribution in [0.4, 0.5) is 15.8 Å². The molecule has 112 valence electrons. The molecule has 0 aromatic heterocycles. The molecule has 5 nitrogen and oxygen atoms in total. The van der Waals surface area contributed by atoms with Gasteiger partial charge in [-0.15, -0.1) is 11.8 Å². The number of carbonyl (C=O) groups is 1. The predicted octanol–water partition coefficient (Wildman–Crippen LogP) is 3.51. The van der Waals surface area contributed by atoms with Gasteiger partial charge in [0.1, 0.15) is 11.2 Å². The highest BCUT2D eigenvalue weighted by Crippen LogP contribution is 2.42. The summed E-state index contributed by atoms with van der Waals surface area (Å²) in [4.78, 5) is 24.1. The first-order valence-corrected chi connectivity index (χ1v) is 7.55. The Balaban J connectivity index is 1.98. The number of non-ortho nitro benzene ring substituents is 1. The molecule has 1 heterocycles. The summed E-state index contributed by atoms with van der Waals surface area (Å²) in [6.07, 6.45) is 0. The minimum absolute atomic E-state index is 0.0171. The number of anilines is 1. The van der Waals surface area contributed by atoms with Gasteiger partial charge >= 0.3 is 0 Å². The van der Waals surface area contributed by atoms with Gasteiger partial charge in [-0.05, 0) is 29.8 Å². The van der Waals surface area contributed by atoms with E-state index in [0.717, 1.165) is 0 Å². The van der Waals surface area contributed by atoms with Crippen LogP contribution in [-0.4, -0.2) is 16.6 Å². The fourth-order valence-corrected chi connectivity index (χ4v) is 3.51. The van der Waals surface area contributed by atoms with Gasteiger partial charge in [0.25, 0.3) is 5.69 Å². The molecule has 1 aliphatic rings. The summed E-state index contributed by atoms with van der Waals surface area (Å²) in [7, 11) is 0. The van der Waals surface area contributed by atoms with Gasteiger partial charge in [-0.2, -0.15) is 0 Å². The number of nitro benzene ring substituents is 1. The van der Waals surface area contributed by atoms with Crippen molar-refractivity contribution in [2.45, 2.75) is 5.37 Å². The molecule has 0 N–H and O–H groups in total. The van der Waals surface area contributed by atoms with Gasteiger partial charge in [-0.25, -0.2) is 4.39 Å². The Hall–Kier alpha value is -2.41. The van der Waals surface area contributed by atoms with Crippen molar-refractivity contribution >= 4 is 29.0 Å². The molecule has 0 spiro atoms. The Labute approximate surface area is 129 Å². The first-order valence-electron chi connectivity index (χ1n) is 6.50. The van der Waals surface area contributed by atoms with Crippen LogP contribution in [0.2, 0.25) is 0 Å². The molecule has 3 rings (SSSR count). The van der Waals surface area contributed by atoms with Crippen LogP contribution in [0.5, 0.6) is 0 Å². The van der Waals surface area contributed by atoms with Crippen molar-refractivity contribution in [2.24, 2.45) is 0 Å². The normalized spacial score (nSPS) is 17.8. The number of amides is 1. The minimum atomic E-state index is -0.465. The fraction of sp³-hybridized carbons (Fsp3) is 0.133. The second-order valence-corrected chi connectivity index (χ2v) is 5.82. The largest absolute Gasteiger partial charge is 0.295 e. The van der Waals surface area contributed by atoms with Crippen molar-refractivity contribution < 1.29 is 14.1 Å². The average Bonchev–Trinajstić information content (AvgIpc) is 2.90. The molecule has 0 saturated carbocycles.